The van der Waals surface area contributed by atoms with E-state index in [4.69, 9.17) is 28.4 Å². The van der Waals surface area contributed by atoms with Crippen molar-refractivity contribution in [3.05, 3.63) is 264 Å². The van der Waals surface area contributed by atoms with Gasteiger partial charge >= 0.3 is 24.5 Å². The number of carbonyl (C=O) groups is 3. The average Bonchev–Trinajstić information content (AvgIpc) is 1.50. The normalized spacial score (nSPS) is 28.0. The number of benzene rings is 6. The molecule has 0 radical (unpaired) electrons. The fraction of sp³-hybridized carbons (Fsp3) is 0.308. The summed E-state index contributed by atoms with van der Waals surface area (Å²) in [5.41, 5.74) is -4.61. The fourth-order valence-corrected chi connectivity index (χ4v) is 17.5. The first-order valence-electron chi connectivity index (χ1n) is 34.0. The van der Waals surface area contributed by atoms with Gasteiger partial charge in [0.25, 0.3) is 0 Å². The molecule has 2 amide bonds. The molecule has 0 bridgehead atoms. The summed E-state index contributed by atoms with van der Waals surface area (Å²) < 4.78 is 148. The molecule has 3 aliphatic heterocycles. The molecule has 6 aromatic carbocycles. The highest BCUT2D eigenvalue weighted by molar-refractivity contribution is 9.11. The van der Waals surface area contributed by atoms with Gasteiger partial charge in [-0.3, -0.25) is 29.3 Å². The molecule has 3 saturated carbocycles. The minimum atomic E-state index is -4.67. The number of carboxylic acid groups (broad SMARTS) is 1. The van der Waals surface area contributed by atoms with Gasteiger partial charge in [0, 0.05) is 31.2 Å². The number of hydrogen-bond acceptors (Lipinski definition) is 19. The van der Waals surface area contributed by atoms with E-state index in [9.17, 15) is 89.6 Å². The molecule has 15 atom stereocenters. The van der Waals surface area contributed by atoms with E-state index >= 15 is 0 Å². The summed E-state index contributed by atoms with van der Waals surface area (Å²) in [6.45, 7) is -4.41. The Labute approximate surface area is 657 Å². The van der Waals surface area contributed by atoms with Gasteiger partial charge in [0.1, 0.15) is 65.9 Å². The number of nitrogens with zero attached hydrogens (tertiary/aromatic N) is 3. The van der Waals surface area contributed by atoms with Crippen LogP contribution in [0.15, 0.2) is 214 Å². The largest absolute Gasteiger partial charge is 0.495 e. The van der Waals surface area contributed by atoms with Gasteiger partial charge in [0.05, 0.1) is 99.5 Å². The number of aromatic nitrogens is 3. The number of alkyl halides is 9. The van der Waals surface area contributed by atoms with E-state index in [0.717, 1.165) is 13.4 Å². The van der Waals surface area contributed by atoms with Gasteiger partial charge in [-0.05, 0) is 69.8 Å². The number of aliphatic hydroxyl groups excluding tert-OH is 3. The van der Waals surface area contributed by atoms with Gasteiger partial charge in [-0.15, -0.1) is 0 Å². The van der Waals surface area contributed by atoms with Gasteiger partial charge in [0.15, 0.2) is 33.6 Å². The Morgan fingerprint density at radius 1 is 0.429 bits per heavy atom. The highest BCUT2D eigenvalue weighted by Gasteiger charge is 2.81. The number of aliphatic carboxylic acids is 1. The molecule has 3 aromatic heterocycles. The number of methoxy groups -OCH3 is 3. The Kier molecular flexibility index (Phi) is 22.8. The third kappa shape index (κ3) is 13.7. The number of amides is 2. The van der Waals surface area contributed by atoms with Crippen molar-refractivity contribution in [1.82, 2.24) is 25.6 Å². The third-order valence-corrected chi connectivity index (χ3v) is 22.6. The van der Waals surface area contributed by atoms with Crippen molar-refractivity contribution in [3.63, 3.8) is 0 Å². The Balaban J connectivity index is 0.000000150. The quantitative estimate of drug-likeness (QED) is 0.0452. The molecular weight excluding hydrogens is 1690 g/mol. The molecule has 15 rings (SSSR count). The first-order valence-corrected chi connectivity index (χ1v) is 36.4. The first-order chi connectivity index (χ1) is 53.0. The van der Waals surface area contributed by atoms with Crippen molar-refractivity contribution in [2.45, 2.75) is 88.2 Å². The summed E-state index contributed by atoms with van der Waals surface area (Å²) in [6.07, 6.45) is -10.7. The topological polar surface area (TPSA) is 337 Å². The van der Waals surface area contributed by atoms with E-state index in [1.54, 1.807) is 158 Å². The van der Waals surface area contributed by atoms with Crippen molar-refractivity contribution >= 4 is 65.6 Å². The summed E-state index contributed by atoms with van der Waals surface area (Å²) in [5, 5.41) is 86.3. The minimum absolute atomic E-state index is 0.0625. The maximum Gasteiger partial charge on any atom is 0.405 e. The summed E-state index contributed by atoms with van der Waals surface area (Å²) in [5.74, 6) is -10.0. The van der Waals surface area contributed by atoms with E-state index in [-0.39, 0.29) is 51.2 Å². The highest BCUT2D eigenvalue weighted by Crippen LogP contribution is 2.73. The molecule has 3 fully saturated rings. The number of nitrogens with one attached hydrogen (secondary N) is 2. The zero-order chi connectivity index (χ0) is 81.1. The molecule has 6 heterocycles. The van der Waals surface area contributed by atoms with Crippen LogP contribution in [0, 0.1) is 17.8 Å². The van der Waals surface area contributed by atoms with Crippen LogP contribution in [-0.4, -0.2) is 146 Å². The number of halogens is 12. The van der Waals surface area contributed by atoms with Crippen LogP contribution < -0.4 is 44.8 Å². The van der Waals surface area contributed by atoms with Crippen molar-refractivity contribution in [1.29, 1.82) is 0 Å². The van der Waals surface area contributed by atoms with Gasteiger partial charge in [0.2, 0.25) is 11.8 Å². The number of carbonyl (C=O) groups excluding carboxylic acids is 2. The lowest BCUT2D eigenvalue weighted by Gasteiger charge is -2.40. The van der Waals surface area contributed by atoms with E-state index < -0.39 is 143 Å². The molecule has 22 nitrogen and oxygen atoms in total. The highest BCUT2D eigenvalue weighted by atomic mass is 79.9. The van der Waals surface area contributed by atoms with Crippen molar-refractivity contribution in [2.75, 3.05) is 41.0 Å². The maximum absolute atomic E-state index is 13.4. The van der Waals surface area contributed by atoms with Crippen LogP contribution >= 0.6 is 47.8 Å². The average molecular weight is 1760 g/mol. The molecular formula is C78H68Br3F9N6O16. The lowest BCUT2D eigenvalue weighted by atomic mass is 9.70. The van der Waals surface area contributed by atoms with Gasteiger partial charge in [-0.1, -0.05) is 175 Å². The number of carboxylic acids is 1. The number of aliphatic hydroxyl groups is 6. The standard InChI is InChI=1S/2C26H22BrF3N2O5.C24H20BrNO6.C2H4F3N/c2*1-36-17-11-31-12-18-21(17)25(35)22(33)19(23(34)32-13-24(28,29)30)20(14-5-3-2-4-6-14)26(25,37-18)15-7-9-16(27)10-8-15;1-31-16-11-26-12-17-20(16)23(30)21(27)18(22(28)29)19(13-5-3-2-4-6-13)24(23,32-17)14-7-9-15(25)10-8-14;3-2(4,5)1-6/h2*2-12,19-20,22,33,35H,13H2,1H3,(H,32,34);2-12,18-19,21,27,30H,1H3,(H,28,29);1,6H2/t2*19-,20-,22-,25+,26+;18-,19-,21-,23+,24+;/m111./s1. The Morgan fingerprint density at radius 3 is 0.911 bits per heavy atom. The van der Waals surface area contributed by atoms with E-state index in [1.165, 1.54) is 58.5 Å². The van der Waals surface area contributed by atoms with Crippen LogP contribution in [0.25, 0.3) is 0 Å². The van der Waals surface area contributed by atoms with Crippen LogP contribution in [0.4, 0.5) is 39.5 Å². The van der Waals surface area contributed by atoms with Crippen LogP contribution in [0.1, 0.15) is 67.8 Å². The monoisotopic (exact) mass is 1750 g/mol. The molecule has 112 heavy (non-hydrogen) atoms. The Hall–Kier alpha value is -9.49. The minimum Gasteiger partial charge on any atom is -0.495 e. The summed E-state index contributed by atoms with van der Waals surface area (Å²) in [7, 11) is 4.12. The Morgan fingerprint density at radius 2 is 0.679 bits per heavy atom. The number of pyridine rings is 3. The molecule has 590 valence electrons. The molecule has 11 N–H and O–H groups in total. The van der Waals surface area contributed by atoms with Gasteiger partial charge < -0.3 is 80.5 Å². The third-order valence-electron chi connectivity index (χ3n) is 21.0. The van der Waals surface area contributed by atoms with Gasteiger partial charge in [-0.25, -0.2) is 0 Å². The zero-order valence-corrected chi connectivity index (χ0v) is 63.4. The van der Waals surface area contributed by atoms with E-state index in [1.807, 2.05) is 16.7 Å². The van der Waals surface area contributed by atoms with Crippen LogP contribution in [0.3, 0.4) is 0 Å². The zero-order valence-electron chi connectivity index (χ0n) is 58.6. The second-order valence-corrected chi connectivity index (χ2v) is 29.6. The van der Waals surface area contributed by atoms with Crippen molar-refractivity contribution < 1.29 is 118 Å². The first kappa shape index (κ1) is 82.0. The lowest BCUT2D eigenvalue weighted by Crippen LogP contribution is -2.52. The number of fused-ring (bicyclic) bond motifs is 9. The van der Waals surface area contributed by atoms with Crippen LogP contribution in [0.2, 0.25) is 0 Å². The van der Waals surface area contributed by atoms with Crippen LogP contribution in [0.5, 0.6) is 34.5 Å². The molecule has 0 saturated heterocycles. The van der Waals surface area contributed by atoms with Gasteiger partial charge in [-0.2, -0.15) is 39.5 Å². The predicted molar refractivity (Wildman–Crippen MR) is 390 cm³/mol. The Bertz CT molecular complexity index is 4720. The summed E-state index contributed by atoms with van der Waals surface area (Å²) >= 11 is 10.2. The van der Waals surface area contributed by atoms with Crippen molar-refractivity contribution in [3.8, 4) is 34.5 Å². The number of nitrogens with two attached hydrogens (primary N) is 1. The lowest BCUT2D eigenvalue weighted by molar-refractivity contribution is -0.159. The SMILES string of the molecule is COc1cncc2c1[C@]1(O)[C@H](O)[C@H](C(=O)NCC(F)(F)F)[C@@H](c3ccccc3)[C@]1(c1ccc(Br)cc1)O2.COc1cncc2c1[C@]1(O)[C@H](O)[C@H](C(=O)NCC(F)(F)F)[C@@H](c3ccccc3)[C@]1(c1ccc(Br)cc1)O2.COc1cncc2c1[C@]1(O)[C@H](O)[C@H](C(=O)O)[C@@H](c3ccccc3)[C@]1(c1ccc(Br)cc1)O2.NCC(F)(F)F. The predicted octanol–water partition coefficient (Wildman–Crippen LogP) is 11.3. The number of rotatable bonds is 14. The van der Waals surface area contributed by atoms with Crippen LogP contribution in [-0.2, 0) is 48.0 Å². The smallest absolute Gasteiger partial charge is 0.405 e. The summed E-state index contributed by atoms with van der Waals surface area (Å²) in [4.78, 5) is 51.6. The molecule has 0 spiro atoms. The second-order valence-electron chi connectivity index (χ2n) is 26.9. The molecule has 3 aliphatic carbocycles. The second kappa shape index (κ2) is 31.1. The fourth-order valence-electron chi connectivity index (χ4n) is 16.7. The molecule has 0 unspecified atom stereocenters. The van der Waals surface area contributed by atoms with Crippen molar-refractivity contribution in [2.24, 2.45) is 23.5 Å². The molecule has 34 heteroatoms. The summed E-state index contributed by atoms with van der Waals surface area (Å²) in [6, 6.07) is 46.5. The maximum atomic E-state index is 13.4. The molecule has 9 aromatic rings. The number of hydrogen-bond donors (Lipinski definition) is 10. The van der Waals surface area contributed by atoms with E-state index in [2.05, 4.69) is 68.5 Å². The molecule has 6 aliphatic rings. The number of ether oxygens (including phenoxy) is 6. The van der Waals surface area contributed by atoms with E-state index in [0.29, 0.717) is 33.4 Å².